The van der Waals surface area contributed by atoms with Gasteiger partial charge < -0.3 is 4.74 Å². The number of esters is 1. The zero-order valence-corrected chi connectivity index (χ0v) is 23.1. The number of benzene rings is 2. The van der Waals surface area contributed by atoms with Gasteiger partial charge in [-0.15, -0.1) is 0 Å². The summed E-state index contributed by atoms with van der Waals surface area (Å²) in [5.74, 6) is 1.45. The molecule has 0 aromatic heterocycles. The normalized spacial score (nSPS) is 17.3. The van der Waals surface area contributed by atoms with Crippen LogP contribution in [0.25, 0.3) is 0 Å². The third-order valence-electron chi connectivity index (χ3n) is 8.07. The molecular formula is C34H47NO2. The van der Waals surface area contributed by atoms with Gasteiger partial charge in [-0.2, -0.15) is 5.26 Å². The first-order chi connectivity index (χ1) is 18.2. The molecule has 3 nitrogen and oxygen atoms in total. The third-order valence-corrected chi connectivity index (χ3v) is 8.07. The Hall–Kier alpha value is -2.60. The summed E-state index contributed by atoms with van der Waals surface area (Å²) in [5, 5.41) is 8.92. The van der Waals surface area contributed by atoms with Gasteiger partial charge in [0.05, 0.1) is 17.6 Å². The zero-order valence-electron chi connectivity index (χ0n) is 23.1. The molecule has 37 heavy (non-hydrogen) atoms. The van der Waals surface area contributed by atoms with Gasteiger partial charge in [-0.25, -0.2) is 0 Å². The summed E-state index contributed by atoms with van der Waals surface area (Å²) in [6.07, 6.45) is 21.4. The summed E-state index contributed by atoms with van der Waals surface area (Å²) in [4.78, 5) is 12.7. The van der Waals surface area contributed by atoms with E-state index in [1.54, 1.807) is 0 Å². The molecule has 0 heterocycles. The average Bonchev–Trinajstić information content (AvgIpc) is 2.94. The van der Waals surface area contributed by atoms with E-state index < -0.39 is 0 Å². The van der Waals surface area contributed by atoms with E-state index in [1.807, 2.05) is 36.4 Å². The van der Waals surface area contributed by atoms with Crippen LogP contribution in [0.4, 0.5) is 0 Å². The molecule has 1 saturated carbocycles. The number of nitriles is 1. The average molecular weight is 502 g/mol. The largest absolute Gasteiger partial charge is 0.426 e. The fraction of sp³-hybridized carbons (Fsp3) is 0.588. The Labute approximate surface area is 225 Å². The maximum absolute atomic E-state index is 12.7. The highest BCUT2D eigenvalue weighted by atomic mass is 16.5. The van der Waals surface area contributed by atoms with Gasteiger partial charge in [-0.1, -0.05) is 102 Å². The van der Waals surface area contributed by atoms with E-state index in [4.69, 9.17) is 10.00 Å². The molecular weight excluding hydrogens is 454 g/mol. The van der Waals surface area contributed by atoms with Gasteiger partial charge in [0, 0.05) is 0 Å². The van der Waals surface area contributed by atoms with Gasteiger partial charge in [0.2, 0.25) is 0 Å². The molecule has 0 aliphatic heterocycles. The van der Waals surface area contributed by atoms with Crippen LogP contribution in [0.1, 0.15) is 120 Å². The second kappa shape index (κ2) is 17.0. The van der Waals surface area contributed by atoms with Gasteiger partial charge in [0.25, 0.3) is 0 Å². The smallest absolute Gasteiger partial charge is 0.314 e. The van der Waals surface area contributed by atoms with E-state index in [9.17, 15) is 4.79 Å². The van der Waals surface area contributed by atoms with Gasteiger partial charge in [-0.05, 0) is 79.8 Å². The van der Waals surface area contributed by atoms with Crippen LogP contribution in [-0.2, 0) is 17.6 Å². The molecule has 0 radical (unpaired) electrons. The molecule has 0 unspecified atom stereocenters. The number of unbranched alkanes of at least 4 members (excludes halogenated alkanes) is 9. The van der Waals surface area contributed by atoms with Crippen LogP contribution in [-0.4, -0.2) is 5.97 Å². The lowest BCUT2D eigenvalue weighted by molar-refractivity contribution is -0.140. The SMILES string of the molecule is CCCCCCCCCCCCC1CCC(C(=O)Oc2ccc(CCc3ccc(C#N)cc3)cc2)CC1. The minimum absolute atomic E-state index is 0.0530. The maximum atomic E-state index is 12.7. The minimum atomic E-state index is -0.0530. The van der Waals surface area contributed by atoms with Crippen molar-refractivity contribution in [3.8, 4) is 11.8 Å². The Bertz CT molecular complexity index is 933. The number of rotatable bonds is 16. The highest BCUT2D eigenvalue weighted by molar-refractivity contribution is 5.75. The Morgan fingerprint density at radius 3 is 1.81 bits per heavy atom. The van der Waals surface area contributed by atoms with Crippen molar-refractivity contribution in [3.05, 3.63) is 65.2 Å². The summed E-state index contributed by atoms with van der Waals surface area (Å²) in [6.45, 7) is 2.28. The first-order valence-electron chi connectivity index (χ1n) is 15.0. The fourth-order valence-electron chi connectivity index (χ4n) is 5.57. The molecule has 0 bridgehead atoms. The lowest BCUT2D eigenvalue weighted by Gasteiger charge is -2.27. The summed E-state index contributed by atoms with van der Waals surface area (Å²) in [6, 6.07) is 17.9. The van der Waals surface area contributed by atoms with E-state index in [1.165, 1.54) is 94.6 Å². The molecule has 0 amide bonds. The summed E-state index contributed by atoms with van der Waals surface area (Å²) in [7, 11) is 0. The van der Waals surface area contributed by atoms with Crippen molar-refractivity contribution in [1.29, 1.82) is 5.26 Å². The number of ether oxygens (including phenoxy) is 1. The lowest BCUT2D eigenvalue weighted by Crippen LogP contribution is -2.25. The fourth-order valence-corrected chi connectivity index (χ4v) is 5.57. The highest BCUT2D eigenvalue weighted by Gasteiger charge is 2.27. The molecule has 1 aliphatic carbocycles. The Kier molecular flexibility index (Phi) is 13.3. The van der Waals surface area contributed by atoms with Crippen LogP contribution in [0.15, 0.2) is 48.5 Å². The van der Waals surface area contributed by atoms with Gasteiger partial charge in [0.1, 0.15) is 5.75 Å². The van der Waals surface area contributed by atoms with E-state index in [-0.39, 0.29) is 11.9 Å². The van der Waals surface area contributed by atoms with Crippen LogP contribution in [0.5, 0.6) is 5.75 Å². The molecule has 2 aromatic carbocycles. The van der Waals surface area contributed by atoms with Crippen molar-refractivity contribution in [2.75, 3.05) is 0 Å². The molecule has 200 valence electrons. The van der Waals surface area contributed by atoms with Crippen LogP contribution < -0.4 is 4.74 Å². The minimum Gasteiger partial charge on any atom is -0.426 e. The molecule has 3 rings (SSSR count). The Morgan fingerprint density at radius 1 is 0.757 bits per heavy atom. The molecule has 2 aromatic rings. The van der Waals surface area contributed by atoms with Gasteiger partial charge in [-0.3, -0.25) is 4.79 Å². The summed E-state index contributed by atoms with van der Waals surface area (Å²) in [5.41, 5.74) is 3.13. The second-order valence-corrected chi connectivity index (χ2v) is 11.1. The number of carbonyl (C=O) groups excluding carboxylic acids is 1. The second-order valence-electron chi connectivity index (χ2n) is 11.1. The number of aryl methyl sites for hydroxylation is 2. The summed E-state index contributed by atoms with van der Waals surface area (Å²) >= 11 is 0. The predicted octanol–water partition coefficient (Wildman–Crippen LogP) is 9.37. The van der Waals surface area contributed by atoms with Crippen molar-refractivity contribution in [2.24, 2.45) is 11.8 Å². The van der Waals surface area contributed by atoms with Crippen LogP contribution in [0.3, 0.4) is 0 Å². The standard InChI is InChI=1S/C34H47NO2/c1-2-3-4-5-6-7-8-9-10-11-12-28-19-23-32(24-20-28)34(36)37-33-25-21-30(22-26-33)14-13-29-15-17-31(27-35)18-16-29/h15-18,21-22,25-26,28,32H,2-14,19-20,23-24H2,1H3. The van der Waals surface area contributed by atoms with Crippen molar-refractivity contribution in [1.82, 2.24) is 0 Å². The van der Waals surface area contributed by atoms with E-state index >= 15 is 0 Å². The first-order valence-corrected chi connectivity index (χ1v) is 15.0. The number of nitrogens with zero attached hydrogens (tertiary/aromatic N) is 1. The molecule has 0 spiro atoms. The van der Waals surface area contributed by atoms with E-state index in [0.717, 1.165) is 31.6 Å². The topological polar surface area (TPSA) is 50.1 Å². The van der Waals surface area contributed by atoms with Crippen molar-refractivity contribution >= 4 is 5.97 Å². The number of carbonyl (C=O) groups is 1. The maximum Gasteiger partial charge on any atom is 0.314 e. The highest BCUT2D eigenvalue weighted by Crippen LogP contribution is 2.33. The molecule has 1 fully saturated rings. The number of hydrogen-bond donors (Lipinski definition) is 0. The molecule has 0 atom stereocenters. The Morgan fingerprint density at radius 2 is 1.27 bits per heavy atom. The van der Waals surface area contributed by atoms with Crippen LogP contribution >= 0.6 is 0 Å². The first kappa shape index (κ1) is 29.0. The lowest BCUT2D eigenvalue weighted by atomic mass is 9.79. The monoisotopic (exact) mass is 501 g/mol. The van der Waals surface area contributed by atoms with E-state index in [2.05, 4.69) is 25.1 Å². The van der Waals surface area contributed by atoms with Crippen LogP contribution in [0.2, 0.25) is 0 Å². The zero-order chi connectivity index (χ0) is 26.1. The molecule has 1 aliphatic rings. The van der Waals surface area contributed by atoms with Gasteiger partial charge >= 0.3 is 5.97 Å². The Balaban J connectivity index is 1.25. The van der Waals surface area contributed by atoms with E-state index in [0.29, 0.717) is 11.3 Å². The third kappa shape index (κ3) is 11.1. The predicted molar refractivity (Wildman–Crippen MR) is 153 cm³/mol. The van der Waals surface area contributed by atoms with Crippen molar-refractivity contribution in [3.63, 3.8) is 0 Å². The van der Waals surface area contributed by atoms with Crippen molar-refractivity contribution in [2.45, 2.75) is 116 Å². The molecule has 0 saturated heterocycles. The molecule has 0 N–H and O–H groups in total. The summed E-state index contributed by atoms with van der Waals surface area (Å²) < 4.78 is 5.73. The van der Waals surface area contributed by atoms with Gasteiger partial charge in [0.15, 0.2) is 0 Å². The van der Waals surface area contributed by atoms with Crippen LogP contribution in [0, 0.1) is 23.2 Å². The van der Waals surface area contributed by atoms with Crippen molar-refractivity contribution < 1.29 is 9.53 Å². The molecule has 3 heteroatoms. The number of hydrogen-bond acceptors (Lipinski definition) is 3. The quantitative estimate of drug-likeness (QED) is 0.131.